The van der Waals surface area contributed by atoms with Crippen molar-refractivity contribution in [2.45, 2.75) is 32.8 Å². The SMILES string of the molecule is CCN(CC(C)(C)O)C(=O)Cc1csc(-c2ccco2)n1. The van der Waals surface area contributed by atoms with E-state index in [1.165, 1.54) is 11.3 Å². The highest BCUT2D eigenvalue weighted by atomic mass is 32.1. The van der Waals surface area contributed by atoms with E-state index in [4.69, 9.17) is 4.42 Å². The first-order valence-corrected chi connectivity index (χ1v) is 7.75. The first-order chi connectivity index (χ1) is 9.89. The molecule has 0 aromatic carbocycles. The van der Waals surface area contributed by atoms with Crippen molar-refractivity contribution in [3.05, 3.63) is 29.5 Å². The van der Waals surface area contributed by atoms with Gasteiger partial charge in [-0.05, 0) is 32.9 Å². The quantitative estimate of drug-likeness (QED) is 0.890. The van der Waals surface area contributed by atoms with Gasteiger partial charge in [-0.25, -0.2) is 4.98 Å². The van der Waals surface area contributed by atoms with Crippen LogP contribution in [0.4, 0.5) is 0 Å². The highest BCUT2D eigenvalue weighted by Gasteiger charge is 2.22. The van der Waals surface area contributed by atoms with Gasteiger partial charge in [-0.2, -0.15) is 0 Å². The zero-order chi connectivity index (χ0) is 15.5. The Morgan fingerprint density at radius 3 is 2.86 bits per heavy atom. The van der Waals surface area contributed by atoms with E-state index in [1.807, 2.05) is 24.4 Å². The number of nitrogens with zero attached hydrogens (tertiary/aromatic N) is 2. The molecule has 1 amide bonds. The third-order valence-corrected chi connectivity index (χ3v) is 3.83. The molecule has 114 valence electrons. The van der Waals surface area contributed by atoms with Crippen LogP contribution in [0.25, 0.3) is 10.8 Å². The van der Waals surface area contributed by atoms with E-state index in [0.29, 0.717) is 18.8 Å². The Balaban J connectivity index is 2.02. The lowest BCUT2D eigenvalue weighted by molar-refractivity contribution is -0.133. The number of hydrogen-bond acceptors (Lipinski definition) is 5. The molecule has 0 aliphatic carbocycles. The Bertz CT molecular complexity index is 584. The first kappa shape index (κ1) is 15.7. The standard InChI is InChI=1S/C15H20N2O3S/c1-4-17(10-15(2,3)19)13(18)8-11-9-21-14(16-11)12-6-5-7-20-12/h5-7,9,19H,4,8,10H2,1-3H3. The Hall–Kier alpha value is -1.66. The number of rotatable bonds is 6. The van der Waals surface area contributed by atoms with E-state index < -0.39 is 5.60 Å². The lowest BCUT2D eigenvalue weighted by Gasteiger charge is -2.28. The van der Waals surface area contributed by atoms with Gasteiger partial charge >= 0.3 is 0 Å². The Morgan fingerprint density at radius 2 is 2.29 bits per heavy atom. The number of thiazole rings is 1. The number of furan rings is 1. The summed E-state index contributed by atoms with van der Waals surface area (Å²) in [5.41, 5.74) is -0.168. The molecule has 0 spiro atoms. The van der Waals surface area contributed by atoms with Gasteiger partial charge in [-0.3, -0.25) is 4.79 Å². The van der Waals surface area contributed by atoms with Gasteiger partial charge < -0.3 is 14.4 Å². The van der Waals surface area contributed by atoms with Crippen LogP contribution in [-0.2, 0) is 11.2 Å². The van der Waals surface area contributed by atoms with Crippen LogP contribution >= 0.6 is 11.3 Å². The van der Waals surface area contributed by atoms with Crippen LogP contribution < -0.4 is 0 Å². The molecule has 0 unspecified atom stereocenters. The van der Waals surface area contributed by atoms with Crippen LogP contribution in [0, 0.1) is 0 Å². The number of carbonyl (C=O) groups is 1. The molecule has 0 fully saturated rings. The molecule has 0 aliphatic rings. The van der Waals surface area contributed by atoms with Crippen LogP contribution in [-0.4, -0.2) is 39.6 Å². The van der Waals surface area contributed by atoms with Gasteiger partial charge in [-0.1, -0.05) is 0 Å². The van der Waals surface area contributed by atoms with Gasteiger partial charge in [0.2, 0.25) is 5.91 Å². The molecule has 6 heteroatoms. The number of hydrogen-bond donors (Lipinski definition) is 1. The van der Waals surface area contributed by atoms with Gasteiger partial charge in [0.1, 0.15) is 0 Å². The van der Waals surface area contributed by atoms with Crippen molar-refractivity contribution in [1.82, 2.24) is 9.88 Å². The lowest BCUT2D eigenvalue weighted by atomic mass is 10.1. The summed E-state index contributed by atoms with van der Waals surface area (Å²) in [5, 5.41) is 12.5. The molecular weight excluding hydrogens is 288 g/mol. The molecule has 0 saturated heterocycles. The number of amides is 1. The highest BCUT2D eigenvalue weighted by Crippen LogP contribution is 2.24. The molecule has 0 saturated carbocycles. The number of likely N-dealkylation sites (N-methyl/N-ethyl adjacent to an activating group) is 1. The minimum Gasteiger partial charge on any atom is -0.462 e. The van der Waals surface area contributed by atoms with E-state index in [2.05, 4.69) is 4.98 Å². The van der Waals surface area contributed by atoms with E-state index in [-0.39, 0.29) is 12.3 Å². The van der Waals surface area contributed by atoms with Crippen LogP contribution in [0.3, 0.4) is 0 Å². The number of carbonyl (C=O) groups excluding carboxylic acids is 1. The summed E-state index contributed by atoms with van der Waals surface area (Å²) in [5.74, 6) is 0.679. The number of aliphatic hydroxyl groups is 1. The Labute approximate surface area is 128 Å². The van der Waals surface area contributed by atoms with Crippen molar-refractivity contribution in [1.29, 1.82) is 0 Å². The van der Waals surface area contributed by atoms with E-state index >= 15 is 0 Å². The summed E-state index contributed by atoms with van der Waals surface area (Å²) in [6.45, 7) is 6.18. The molecule has 0 aliphatic heterocycles. The molecule has 2 rings (SSSR count). The maximum atomic E-state index is 12.3. The molecule has 2 heterocycles. The summed E-state index contributed by atoms with van der Waals surface area (Å²) in [7, 11) is 0. The first-order valence-electron chi connectivity index (χ1n) is 6.87. The summed E-state index contributed by atoms with van der Waals surface area (Å²) in [6, 6.07) is 3.65. The van der Waals surface area contributed by atoms with Crippen molar-refractivity contribution in [2.75, 3.05) is 13.1 Å². The average molecular weight is 308 g/mol. The second-order valence-corrected chi connectivity index (χ2v) is 6.38. The van der Waals surface area contributed by atoms with Crippen molar-refractivity contribution < 1.29 is 14.3 Å². The van der Waals surface area contributed by atoms with E-state index in [9.17, 15) is 9.90 Å². The second-order valence-electron chi connectivity index (χ2n) is 5.52. The maximum absolute atomic E-state index is 12.3. The maximum Gasteiger partial charge on any atom is 0.228 e. The van der Waals surface area contributed by atoms with Gasteiger partial charge in [0, 0.05) is 18.5 Å². The zero-order valence-electron chi connectivity index (χ0n) is 12.5. The monoisotopic (exact) mass is 308 g/mol. The second kappa shape index (κ2) is 6.41. The molecule has 1 N–H and O–H groups in total. The minimum atomic E-state index is -0.896. The zero-order valence-corrected chi connectivity index (χ0v) is 13.3. The largest absolute Gasteiger partial charge is 0.462 e. The molecule has 2 aromatic rings. The number of aromatic nitrogens is 1. The molecule has 0 atom stereocenters. The van der Waals surface area contributed by atoms with Crippen molar-refractivity contribution in [3.63, 3.8) is 0 Å². The molecule has 5 nitrogen and oxygen atoms in total. The predicted octanol–water partition coefficient (Wildman–Crippen LogP) is 2.57. The van der Waals surface area contributed by atoms with Gasteiger partial charge in [-0.15, -0.1) is 11.3 Å². The third-order valence-electron chi connectivity index (χ3n) is 2.93. The van der Waals surface area contributed by atoms with Crippen LogP contribution in [0.1, 0.15) is 26.5 Å². The smallest absolute Gasteiger partial charge is 0.228 e. The van der Waals surface area contributed by atoms with Crippen LogP contribution in [0.15, 0.2) is 28.2 Å². The fraction of sp³-hybridized carbons (Fsp3) is 0.467. The third kappa shape index (κ3) is 4.41. The molecule has 2 aromatic heterocycles. The molecule has 0 bridgehead atoms. The normalized spacial score (nSPS) is 11.6. The minimum absolute atomic E-state index is 0.0316. The fourth-order valence-electron chi connectivity index (χ4n) is 2.01. The van der Waals surface area contributed by atoms with Crippen molar-refractivity contribution in [2.24, 2.45) is 0 Å². The summed E-state index contributed by atoms with van der Waals surface area (Å²) in [6.07, 6.45) is 1.84. The van der Waals surface area contributed by atoms with E-state index in [1.54, 1.807) is 25.0 Å². The fourth-order valence-corrected chi connectivity index (χ4v) is 2.80. The summed E-state index contributed by atoms with van der Waals surface area (Å²) < 4.78 is 5.29. The Kier molecular flexibility index (Phi) is 4.80. The predicted molar refractivity (Wildman–Crippen MR) is 82.1 cm³/mol. The van der Waals surface area contributed by atoms with Gasteiger partial charge in [0.25, 0.3) is 0 Å². The topological polar surface area (TPSA) is 66.6 Å². The summed E-state index contributed by atoms with van der Waals surface area (Å²) in [4.78, 5) is 18.3. The van der Waals surface area contributed by atoms with Gasteiger partial charge in [0.05, 0.1) is 24.0 Å². The van der Waals surface area contributed by atoms with Crippen molar-refractivity contribution in [3.8, 4) is 10.8 Å². The highest BCUT2D eigenvalue weighted by molar-refractivity contribution is 7.13. The average Bonchev–Trinajstić information content (AvgIpc) is 3.04. The van der Waals surface area contributed by atoms with Crippen molar-refractivity contribution >= 4 is 17.2 Å². The van der Waals surface area contributed by atoms with Crippen LogP contribution in [0.5, 0.6) is 0 Å². The Morgan fingerprint density at radius 1 is 1.52 bits per heavy atom. The molecular formula is C15H20N2O3S. The van der Waals surface area contributed by atoms with E-state index in [0.717, 1.165) is 10.7 Å². The molecule has 21 heavy (non-hydrogen) atoms. The van der Waals surface area contributed by atoms with Gasteiger partial charge in [0.15, 0.2) is 10.8 Å². The molecule has 0 radical (unpaired) electrons. The lowest BCUT2D eigenvalue weighted by Crippen LogP contribution is -2.42. The van der Waals surface area contributed by atoms with Crippen LogP contribution in [0.2, 0.25) is 0 Å². The summed E-state index contributed by atoms with van der Waals surface area (Å²) >= 11 is 1.46.